The summed E-state index contributed by atoms with van der Waals surface area (Å²) < 4.78 is 0. The van der Waals surface area contributed by atoms with E-state index in [4.69, 9.17) is 0 Å². The molecule has 3 fully saturated rings. The number of halogens is 1. The van der Waals surface area contributed by atoms with Crippen LogP contribution < -0.4 is 10.6 Å². The topological polar surface area (TPSA) is 63.2 Å². The Morgan fingerprint density at radius 2 is 1.68 bits per heavy atom. The largest absolute Gasteiger partial charge is 0.356 e. The van der Waals surface area contributed by atoms with Crippen molar-refractivity contribution in [3.05, 3.63) is 0 Å². The van der Waals surface area contributed by atoms with E-state index in [0.717, 1.165) is 57.4 Å². The Morgan fingerprint density at radius 1 is 1.00 bits per heavy atom. The molecule has 28 heavy (non-hydrogen) atoms. The Labute approximate surface area is 187 Å². The van der Waals surface area contributed by atoms with Crippen molar-refractivity contribution in [3.8, 4) is 0 Å². The van der Waals surface area contributed by atoms with Crippen molar-refractivity contribution in [2.75, 3.05) is 66.0 Å². The molecule has 1 saturated carbocycles. The molecular formula is C20H39IN6O. The summed E-state index contributed by atoms with van der Waals surface area (Å²) in [6.07, 6.45) is 6.20. The highest BCUT2D eigenvalue weighted by atomic mass is 127. The highest BCUT2D eigenvalue weighted by Gasteiger charge is 2.26. The van der Waals surface area contributed by atoms with Gasteiger partial charge in [-0.05, 0) is 57.7 Å². The lowest BCUT2D eigenvalue weighted by Crippen LogP contribution is -2.54. The Morgan fingerprint density at radius 3 is 2.25 bits per heavy atom. The molecule has 0 unspecified atom stereocenters. The molecule has 2 saturated heterocycles. The Bertz CT molecular complexity index is 497. The van der Waals surface area contributed by atoms with Crippen molar-refractivity contribution in [1.82, 2.24) is 25.3 Å². The summed E-state index contributed by atoms with van der Waals surface area (Å²) >= 11 is 0. The average molecular weight is 506 g/mol. The third-order valence-corrected chi connectivity index (χ3v) is 6.18. The summed E-state index contributed by atoms with van der Waals surface area (Å²) in [5.74, 6) is 2.05. The van der Waals surface area contributed by atoms with Crippen molar-refractivity contribution in [2.45, 2.75) is 45.1 Å². The van der Waals surface area contributed by atoms with Crippen LogP contribution in [0.4, 0.5) is 0 Å². The van der Waals surface area contributed by atoms with Gasteiger partial charge in [0.1, 0.15) is 0 Å². The lowest BCUT2D eigenvalue weighted by atomic mass is 9.93. The van der Waals surface area contributed by atoms with Crippen molar-refractivity contribution < 1.29 is 4.79 Å². The minimum atomic E-state index is 0. The highest BCUT2D eigenvalue weighted by Crippen LogP contribution is 2.20. The van der Waals surface area contributed by atoms with E-state index in [0.29, 0.717) is 12.6 Å². The minimum Gasteiger partial charge on any atom is -0.356 e. The van der Waals surface area contributed by atoms with Gasteiger partial charge >= 0.3 is 0 Å². The van der Waals surface area contributed by atoms with Gasteiger partial charge in [0.25, 0.3) is 0 Å². The van der Waals surface area contributed by atoms with E-state index in [-0.39, 0.29) is 29.9 Å². The molecule has 162 valence electrons. The number of rotatable bonds is 7. The van der Waals surface area contributed by atoms with Gasteiger partial charge in [0, 0.05) is 45.8 Å². The first-order chi connectivity index (χ1) is 13.2. The van der Waals surface area contributed by atoms with E-state index >= 15 is 0 Å². The fraction of sp³-hybridized carbons (Fsp3) is 0.900. The van der Waals surface area contributed by atoms with Crippen LogP contribution in [0.1, 0.15) is 39.0 Å². The summed E-state index contributed by atoms with van der Waals surface area (Å²) in [5, 5.41) is 6.64. The van der Waals surface area contributed by atoms with Crippen LogP contribution in [0.5, 0.6) is 0 Å². The maximum absolute atomic E-state index is 12.0. The lowest BCUT2D eigenvalue weighted by molar-refractivity contribution is -0.122. The second-order valence-electron chi connectivity index (χ2n) is 8.25. The van der Waals surface area contributed by atoms with E-state index in [1.54, 1.807) is 0 Å². The monoisotopic (exact) mass is 506 g/mol. The molecule has 2 N–H and O–H groups in total. The van der Waals surface area contributed by atoms with Gasteiger partial charge in [-0.3, -0.25) is 14.7 Å². The van der Waals surface area contributed by atoms with Crippen LogP contribution in [-0.4, -0.2) is 98.6 Å². The zero-order valence-electron chi connectivity index (χ0n) is 17.7. The molecule has 0 aromatic heterocycles. The summed E-state index contributed by atoms with van der Waals surface area (Å²) in [6.45, 7) is 11.2. The molecule has 0 aromatic carbocycles. The van der Waals surface area contributed by atoms with Crippen LogP contribution in [0.15, 0.2) is 4.99 Å². The third kappa shape index (κ3) is 7.67. The van der Waals surface area contributed by atoms with E-state index in [1.165, 1.54) is 38.9 Å². The van der Waals surface area contributed by atoms with E-state index < -0.39 is 0 Å². The number of aliphatic imine (C=N–C) groups is 1. The summed E-state index contributed by atoms with van der Waals surface area (Å²) in [7, 11) is 1.87. The molecule has 8 heteroatoms. The van der Waals surface area contributed by atoms with Crippen LogP contribution in [-0.2, 0) is 4.79 Å². The first-order valence-electron chi connectivity index (χ1n) is 10.9. The molecule has 7 nitrogen and oxygen atoms in total. The quantitative estimate of drug-likeness (QED) is 0.309. The fourth-order valence-electron chi connectivity index (χ4n) is 4.13. The summed E-state index contributed by atoms with van der Waals surface area (Å²) in [5.41, 5.74) is 0. The molecule has 0 aromatic rings. The second kappa shape index (κ2) is 12.2. The zero-order valence-corrected chi connectivity index (χ0v) is 20.0. The summed E-state index contributed by atoms with van der Waals surface area (Å²) in [4.78, 5) is 23.6. The zero-order chi connectivity index (χ0) is 19.1. The van der Waals surface area contributed by atoms with Gasteiger partial charge in [0.05, 0.1) is 6.54 Å². The Balaban J connectivity index is 0.00000280. The number of carbonyl (C=O) groups is 1. The number of hydrogen-bond acceptors (Lipinski definition) is 4. The van der Waals surface area contributed by atoms with Gasteiger partial charge < -0.3 is 20.4 Å². The molecule has 2 aliphatic heterocycles. The normalized spacial score (nSPS) is 22.6. The van der Waals surface area contributed by atoms with Crippen molar-refractivity contribution >= 4 is 35.8 Å². The number of hydrogen-bond donors (Lipinski definition) is 2. The fourth-order valence-corrected chi connectivity index (χ4v) is 4.13. The van der Waals surface area contributed by atoms with Crippen LogP contribution in [0.3, 0.4) is 0 Å². The standard InChI is InChI=1S/C20H38N6O.HI/c1-3-24-10-7-17(8-11-24)6-9-22-20(21-2)26-14-12-25(13-15-26)16-19(27)23-18-4-5-18;/h17-18H,3-16H2,1-2H3,(H,21,22)(H,23,27);1H. The number of piperazine rings is 1. The van der Waals surface area contributed by atoms with Crippen LogP contribution in [0.25, 0.3) is 0 Å². The van der Waals surface area contributed by atoms with Gasteiger partial charge in [-0.15, -0.1) is 24.0 Å². The van der Waals surface area contributed by atoms with Gasteiger partial charge in [-0.1, -0.05) is 6.92 Å². The first kappa shape index (κ1) is 23.7. The number of nitrogens with one attached hydrogen (secondary N) is 2. The molecule has 1 aliphatic carbocycles. The second-order valence-corrected chi connectivity index (χ2v) is 8.25. The summed E-state index contributed by atoms with van der Waals surface area (Å²) in [6, 6.07) is 0.455. The number of guanidine groups is 1. The van der Waals surface area contributed by atoms with E-state index in [9.17, 15) is 4.79 Å². The third-order valence-electron chi connectivity index (χ3n) is 6.18. The maximum Gasteiger partial charge on any atom is 0.234 e. The first-order valence-corrected chi connectivity index (χ1v) is 10.9. The number of likely N-dealkylation sites (tertiary alicyclic amines) is 1. The number of carbonyl (C=O) groups excluding carboxylic acids is 1. The van der Waals surface area contributed by atoms with Crippen LogP contribution >= 0.6 is 24.0 Å². The molecule has 0 bridgehead atoms. The molecule has 0 spiro atoms. The molecule has 1 amide bonds. The Hall–Kier alpha value is -0.610. The van der Waals surface area contributed by atoms with E-state index in [2.05, 4.69) is 37.2 Å². The van der Waals surface area contributed by atoms with Gasteiger partial charge in [-0.25, -0.2) is 0 Å². The minimum absolute atomic E-state index is 0. The maximum atomic E-state index is 12.0. The van der Waals surface area contributed by atoms with Crippen molar-refractivity contribution in [1.29, 1.82) is 0 Å². The van der Waals surface area contributed by atoms with Crippen molar-refractivity contribution in [3.63, 3.8) is 0 Å². The van der Waals surface area contributed by atoms with E-state index in [1.807, 2.05) is 7.05 Å². The highest BCUT2D eigenvalue weighted by molar-refractivity contribution is 14.0. The van der Waals surface area contributed by atoms with Crippen LogP contribution in [0, 0.1) is 5.92 Å². The molecule has 0 radical (unpaired) electrons. The molecular weight excluding hydrogens is 467 g/mol. The predicted octanol–water partition coefficient (Wildman–Crippen LogP) is 1.20. The van der Waals surface area contributed by atoms with Gasteiger partial charge in [0.2, 0.25) is 5.91 Å². The Kier molecular flexibility index (Phi) is 10.3. The molecule has 3 rings (SSSR count). The number of amides is 1. The molecule has 0 atom stereocenters. The SMILES string of the molecule is CCN1CCC(CCNC(=NC)N2CCN(CC(=O)NC3CC3)CC2)CC1.I. The lowest BCUT2D eigenvalue weighted by Gasteiger charge is -2.36. The van der Waals surface area contributed by atoms with Gasteiger partial charge in [0.15, 0.2) is 5.96 Å². The number of nitrogens with zero attached hydrogens (tertiary/aromatic N) is 4. The number of piperidine rings is 1. The average Bonchev–Trinajstić information content (AvgIpc) is 3.50. The molecule has 2 heterocycles. The smallest absolute Gasteiger partial charge is 0.234 e. The molecule has 3 aliphatic rings. The predicted molar refractivity (Wildman–Crippen MR) is 125 cm³/mol. The van der Waals surface area contributed by atoms with Crippen LogP contribution in [0.2, 0.25) is 0 Å². The van der Waals surface area contributed by atoms with Gasteiger partial charge in [-0.2, -0.15) is 0 Å². The van der Waals surface area contributed by atoms with Crippen molar-refractivity contribution in [2.24, 2.45) is 10.9 Å².